The van der Waals surface area contributed by atoms with Gasteiger partial charge in [-0.1, -0.05) is 31.2 Å². The van der Waals surface area contributed by atoms with Crippen LogP contribution in [0.5, 0.6) is 0 Å². The van der Waals surface area contributed by atoms with Gasteiger partial charge in [-0.3, -0.25) is 0 Å². The van der Waals surface area contributed by atoms with Crippen LogP contribution in [0.25, 0.3) is 0 Å². The van der Waals surface area contributed by atoms with Gasteiger partial charge in [0.2, 0.25) is 0 Å². The molecule has 4 heteroatoms. The van der Waals surface area contributed by atoms with E-state index in [4.69, 9.17) is 14.2 Å². The van der Waals surface area contributed by atoms with Crippen molar-refractivity contribution in [2.24, 2.45) is 0 Å². The fraction of sp³-hybridized carbons (Fsp3) is 0.625. The summed E-state index contributed by atoms with van der Waals surface area (Å²) in [5.74, 6) is 0. The molecule has 20 heavy (non-hydrogen) atoms. The van der Waals surface area contributed by atoms with Gasteiger partial charge in [-0.15, -0.1) is 0 Å². The molecule has 0 heterocycles. The van der Waals surface area contributed by atoms with E-state index in [-0.39, 0.29) is 0 Å². The number of aryl methyl sites for hydroxylation is 1. The Balaban J connectivity index is 1.97. The van der Waals surface area contributed by atoms with E-state index >= 15 is 0 Å². The highest BCUT2D eigenvalue weighted by Gasteiger charge is 1.98. The molecule has 0 unspecified atom stereocenters. The molecule has 1 aromatic carbocycles. The van der Waals surface area contributed by atoms with Gasteiger partial charge >= 0.3 is 0 Å². The molecule has 0 radical (unpaired) electrons. The molecule has 0 aromatic heterocycles. The first-order valence-corrected chi connectivity index (χ1v) is 7.30. The van der Waals surface area contributed by atoms with E-state index in [2.05, 4.69) is 36.5 Å². The van der Waals surface area contributed by atoms with Crippen molar-refractivity contribution in [3.8, 4) is 0 Å². The minimum atomic E-state index is 0.627. The smallest absolute Gasteiger partial charge is 0.0701 e. The summed E-state index contributed by atoms with van der Waals surface area (Å²) in [4.78, 5) is 0. The molecule has 0 fully saturated rings. The number of hydrogen-bond acceptors (Lipinski definition) is 4. The van der Waals surface area contributed by atoms with E-state index in [9.17, 15) is 0 Å². The SMILES string of the molecule is CCc1ccccc1CNCCOCCOCCOC. The Morgan fingerprint density at radius 2 is 1.55 bits per heavy atom. The van der Waals surface area contributed by atoms with Crippen LogP contribution < -0.4 is 5.32 Å². The maximum atomic E-state index is 5.48. The zero-order valence-electron chi connectivity index (χ0n) is 12.7. The van der Waals surface area contributed by atoms with Crippen molar-refractivity contribution >= 4 is 0 Å². The lowest BCUT2D eigenvalue weighted by molar-refractivity contribution is 0.0255. The quantitative estimate of drug-likeness (QED) is 0.595. The molecule has 0 saturated heterocycles. The third-order valence-corrected chi connectivity index (χ3v) is 3.04. The summed E-state index contributed by atoms with van der Waals surface area (Å²) in [7, 11) is 1.67. The van der Waals surface area contributed by atoms with Crippen molar-refractivity contribution in [3.05, 3.63) is 35.4 Å². The third kappa shape index (κ3) is 7.60. The Morgan fingerprint density at radius 1 is 0.900 bits per heavy atom. The van der Waals surface area contributed by atoms with Crippen LogP contribution in [-0.2, 0) is 27.2 Å². The standard InChI is InChI=1S/C16H27NO3/c1-3-15-6-4-5-7-16(15)14-17-8-9-19-12-13-20-11-10-18-2/h4-7,17H,3,8-14H2,1-2H3. The van der Waals surface area contributed by atoms with Crippen LogP contribution in [0, 0.1) is 0 Å². The van der Waals surface area contributed by atoms with Crippen LogP contribution in [0.4, 0.5) is 0 Å². The van der Waals surface area contributed by atoms with Crippen molar-refractivity contribution in [3.63, 3.8) is 0 Å². The molecule has 1 rings (SSSR count). The van der Waals surface area contributed by atoms with E-state index < -0.39 is 0 Å². The predicted molar refractivity (Wildman–Crippen MR) is 81.0 cm³/mol. The first-order chi connectivity index (χ1) is 9.88. The Morgan fingerprint density at radius 3 is 2.25 bits per heavy atom. The van der Waals surface area contributed by atoms with Crippen molar-refractivity contribution in [2.75, 3.05) is 46.7 Å². The number of hydrogen-bond donors (Lipinski definition) is 1. The molecule has 0 aliphatic heterocycles. The minimum Gasteiger partial charge on any atom is -0.382 e. The molecule has 0 amide bonds. The van der Waals surface area contributed by atoms with E-state index in [0.29, 0.717) is 33.0 Å². The Hall–Kier alpha value is -0.940. The van der Waals surface area contributed by atoms with E-state index in [1.54, 1.807) is 7.11 Å². The summed E-state index contributed by atoms with van der Waals surface area (Å²) in [6.07, 6.45) is 1.08. The average Bonchev–Trinajstić information content (AvgIpc) is 2.49. The summed E-state index contributed by atoms with van der Waals surface area (Å²) >= 11 is 0. The maximum Gasteiger partial charge on any atom is 0.0701 e. The third-order valence-electron chi connectivity index (χ3n) is 3.04. The number of ether oxygens (including phenoxy) is 3. The van der Waals surface area contributed by atoms with Gasteiger partial charge in [0.15, 0.2) is 0 Å². The molecule has 1 aromatic rings. The van der Waals surface area contributed by atoms with Gasteiger partial charge in [-0.05, 0) is 17.5 Å². The predicted octanol–water partition coefficient (Wildman–Crippen LogP) is 2.02. The van der Waals surface area contributed by atoms with Crippen molar-refractivity contribution in [2.45, 2.75) is 19.9 Å². The van der Waals surface area contributed by atoms with Crippen LogP contribution >= 0.6 is 0 Å². The van der Waals surface area contributed by atoms with Gasteiger partial charge < -0.3 is 19.5 Å². The summed E-state index contributed by atoms with van der Waals surface area (Å²) < 4.78 is 15.7. The van der Waals surface area contributed by atoms with Crippen LogP contribution in [0.3, 0.4) is 0 Å². The van der Waals surface area contributed by atoms with Crippen LogP contribution in [0.2, 0.25) is 0 Å². The summed E-state index contributed by atoms with van der Waals surface area (Å²) in [6, 6.07) is 8.54. The first kappa shape index (κ1) is 17.1. The van der Waals surface area contributed by atoms with Gasteiger partial charge in [-0.25, -0.2) is 0 Å². The van der Waals surface area contributed by atoms with Gasteiger partial charge in [-0.2, -0.15) is 0 Å². The second kappa shape index (κ2) is 11.9. The van der Waals surface area contributed by atoms with Gasteiger partial charge in [0, 0.05) is 20.2 Å². The highest BCUT2D eigenvalue weighted by molar-refractivity contribution is 5.26. The monoisotopic (exact) mass is 281 g/mol. The Kier molecular flexibility index (Phi) is 10.1. The number of benzene rings is 1. The molecular weight excluding hydrogens is 254 g/mol. The van der Waals surface area contributed by atoms with Crippen LogP contribution in [-0.4, -0.2) is 46.7 Å². The Labute approximate surface area is 122 Å². The normalized spacial score (nSPS) is 10.9. The van der Waals surface area contributed by atoms with Crippen molar-refractivity contribution in [1.82, 2.24) is 5.32 Å². The highest BCUT2D eigenvalue weighted by Crippen LogP contribution is 2.08. The summed E-state index contributed by atoms with van der Waals surface area (Å²) in [5.41, 5.74) is 2.78. The molecule has 0 aliphatic rings. The molecule has 0 atom stereocenters. The second-order valence-electron chi connectivity index (χ2n) is 4.52. The molecule has 1 N–H and O–H groups in total. The lowest BCUT2D eigenvalue weighted by atomic mass is 10.1. The summed E-state index contributed by atoms with van der Waals surface area (Å²) in [6.45, 7) is 7.19. The van der Waals surface area contributed by atoms with Crippen LogP contribution in [0.15, 0.2) is 24.3 Å². The largest absolute Gasteiger partial charge is 0.382 e. The van der Waals surface area contributed by atoms with E-state index in [1.807, 2.05) is 0 Å². The lowest BCUT2D eigenvalue weighted by Crippen LogP contribution is -2.21. The zero-order valence-corrected chi connectivity index (χ0v) is 12.7. The topological polar surface area (TPSA) is 39.7 Å². The van der Waals surface area contributed by atoms with Crippen molar-refractivity contribution in [1.29, 1.82) is 0 Å². The minimum absolute atomic E-state index is 0.627. The molecule has 0 aliphatic carbocycles. The van der Waals surface area contributed by atoms with Gasteiger partial charge in [0.1, 0.15) is 0 Å². The fourth-order valence-corrected chi connectivity index (χ4v) is 1.91. The molecule has 0 spiro atoms. The molecule has 0 bridgehead atoms. The van der Waals surface area contributed by atoms with Gasteiger partial charge in [0.25, 0.3) is 0 Å². The van der Waals surface area contributed by atoms with Gasteiger partial charge in [0.05, 0.1) is 33.0 Å². The van der Waals surface area contributed by atoms with E-state index in [0.717, 1.165) is 19.5 Å². The molecule has 114 valence electrons. The van der Waals surface area contributed by atoms with E-state index in [1.165, 1.54) is 11.1 Å². The molecule has 0 saturated carbocycles. The number of nitrogens with one attached hydrogen (secondary N) is 1. The number of rotatable bonds is 12. The average molecular weight is 281 g/mol. The fourth-order valence-electron chi connectivity index (χ4n) is 1.91. The van der Waals surface area contributed by atoms with Crippen LogP contribution in [0.1, 0.15) is 18.1 Å². The molecule has 4 nitrogen and oxygen atoms in total. The van der Waals surface area contributed by atoms with Crippen molar-refractivity contribution < 1.29 is 14.2 Å². The molecular formula is C16H27NO3. The second-order valence-corrected chi connectivity index (χ2v) is 4.52. The zero-order chi connectivity index (χ0) is 14.5. The highest BCUT2D eigenvalue weighted by atomic mass is 16.5. The number of methoxy groups -OCH3 is 1. The Bertz CT molecular complexity index is 344. The summed E-state index contributed by atoms with van der Waals surface area (Å²) in [5, 5.41) is 3.40. The lowest BCUT2D eigenvalue weighted by Gasteiger charge is -2.09. The first-order valence-electron chi connectivity index (χ1n) is 7.30. The maximum absolute atomic E-state index is 5.48.